The van der Waals surface area contributed by atoms with E-state index in [0.29, 0.717) is 35.3 Å². The zero-order valence-corrected chi connectivity index (χ0v) is 17.5. The number of unbranched alkanes of at least 4 members (excludes halogenated alkanes) is 2. The van der Waals surface area contributed by atoms with Crippen LogP contribution in [0.25, 0.3) is 6.08 Å². The van der Waals surface area contributed by atoms with Crippen molar-refractivity contribution in [1.29, 1.82) is 0 Å². The Kier molecular flexibility index (Phi) is 8.89. The largest absolute Gasteiger partial charge is 0.497 e. The summed E-state index contributed by atoms with van der Waals surface area (Å²) in [6.07, 6.45) is 6.47. The molecule has 0 saturated heterocycles. The van der Waals surface area contributed by atoms with Crippen LogP contribution < -0.4 is 24.3 Å². The van der Waals surface area contributed by atoms with Gasteiger partial charge in [-0.3, -0.25) is 4.79 Å². The summed E-state index contributed by atoms with van der Waals surface area (Å²) in [5, 5.41) is 2.80. The third kappa shape index (κ3) is 6.75. The predicted molar refractivity (Wildman–Crippen MR) is 115 cm³/mol. The van der Waals surface area contributed by atoms with Gasteiger partial charge in [-0.05, 0) is 42.3 Å². The Labute approximate surface area is 172 Å². The number of benzene rings is 2. The minimum Gasteiger partial charge on any atom is -0.497 e. The first-order valence-electron chi connectivity index (χ1n) is 9.63. The minimum atomic E-state index is -0.271. The van der Waals surface area contributed by atoms with Gasteiger partial charge in [0.1, 0.15) is 11.5 Å². The Morgan fingerprint density at radius 2 is 1.72 bits per heavy atom. The van der Waals surface area contributed by atoms with E-state index in [-0.39, 0.29) is 5.91 Å². The molecule has 2 aromatic carbocycles. The van der Waals surface area contributed by atoms with Crippen molar-refractivity contribution in [3.63, 3.8) is 0 Å². The predicted octanol–water partition coefficient (Wildman–Crippen LogP) is 4.93. The molecule has 2 aromatic rings. The van der Waals surface area contributed by atoms with Crippen LogP contribution in [-0.4, -0.2) is 33.8 Å². The van der Waals surface area contributed by atoms with Gasteiger partial charge in [-0.1, -0.05) is 25.8 Å². The monoisotopic (exact) mass is 399 g/mol. The van der Waals surface area contributed by atoms with E-state index in [1.165, 1.54) is 6.08 Å². The minimum absolute atomic E-state index is 0.271. The Hall–Kier alpha value is -3.15. The second-order valence-electron chi connectivity index (χ2n) is 6.35. The topological polar surface area (TPSA) is 66.0 Å². The van der Waals surface area contributed by atoms with Gasteiger partial charge in [-0.25, -0.2) is 0 Å². The van der Waals surface area contributed by atoms with E-state index in [9.17, 15) is 4.79 Å². The molecule has 6 heteroatoms. The molecule has 0 saturated carbocycles. The average molecular weight is 399 g/mol. The van der Waals surface area contributed by atoms with E-state index < -0.39 is 0 Å². The molecular formula is C23H29NO5. The van der Waals surface area contributed by atoms with Gasteiger partial charge >= 0.3 is 0 Å². The molecular weight excluding hydrogens is 370 g/mol. The van der Waals surface area contributed by atoms with Crippen LogP contribution in [-0.2, 0) is 4.79 Å². The molecule has 29 heavy (non-hydrogen) atoms. The van der Waals surface area contributed by atoms with E-state index in [1.807, 2.05) is 18.2 Å². The molecule has 0 atom stereocenters. The van der Waals surface area contributed by atoms with Gasteiger partial charge < -0.3 is 24.3 Å². The fraction of sp³-hybridized carbons (Fsp3) is 0.348. The zero-order valence-electron chi connectivity index (χ0n) is 17.5. The van der Waals surface area contributed by atoms with Crippen LogP contribution in [0.2, 0.25) is 0 Å². The zero-order chi connectivity index (χ0) is 21.1. The normalized spacial score (nSPS) is 10.6. The highest BCUT2D eigenvalue weighted by molar-refractivity contribution is 6.02. The van der Waals surface area contributed by atoms with Gasteiger partial charge in [0.2, 0.25) is 5.91 Å². The van der Waals surface area contributed by atoms with Crippen molar-refractivity contribution in [2.75, 3.05) is 33.3 Å². The highest BCUT2D eigenvalue weighted by Crippen LogP contribution is 2.30. The van der Waals surface area contributed by atoms with Crippen molar-refractivity contribution >= 4 is 17.7 Å². The number of ether oxygens (including phenoxy) is 4. The Morgan fingerprint density at radius 1 is 0.931 bits per heavy atom. The standard InChI is InChI=1S/C23H29NO5/c1-5-6-7-14-29-20-12-8-17(15-22(20)28-4)9-13-23(25)24-19-11-10-18(26-2)16-21(19)27-3/h8-13,15-16H,5-7,14H2,1-4H3,(H,24,25). The average Bonchev–Trinajstić information content (AvgIpc) is 2.75. The van der Waals surface area contributed by atoms with Gasteiger partial charge in [0.05, 0.1) is 33.6 Å². The third-order valence-electron chi connectivity index (χ3n) is 4.29. The number of carbonyl (C=O) groups excluding carboxylic acids is 1. The summed E-state index contributed by atoms with van der Waals surface area (Å²) in [5.74, 6) is 2.25. The van der Waals surface area contributed by atoms with Crippen LogP contribution in [0.5, 0.6) is 23.0 Å². The maximum absolute atomic E-state index is 12.3. The molecule has 0 aliphatic heterocycles. The Balaban J connectivity index is 2.02. The van der Waals surface area contributed by atoms with Crippen molar-refractivity contribution in [2.24, 2.45) is 0 Å². The number of hydrogen-bond acceptors (Lipinski definition) is 5. The van der Waals surface area contributed by atoms with Crippen molar-refractivity contribution in [3.05, 3.63) is 48.0 Å². The molecule has 0 aliphatic carbocycles. The summed E-state index contributed by atoms with van der Waals surface area (Å²) >= 11 is 0. The summed E-state index contributed by atoms with van der Waals surface area (Å²) < 4.78 is 21.6. The Morgan fingerprint density at radius 3 is 2.41 bits per heavy atom. The number of anilines is 1. The molecule has 0 unspecified atom stereocenters. The maximum Gasteiger partial charge on any atom is 0.248 e. The molecule has 1 N–H and O–H groups in total. The summed E-state index contributed by atoms with van der Waals surface area (Å²) in [7, 11) is 4.72. The SMILES string of the molecule is CCCCCOc1ccc(C=CC(=O)Nc2ccc(OC)cc2OC)cc1OC. The van der Waals surface area contributed by atoms with Crippen molar-refractivity contribution < 1.29 is 23.7 Å². The van der Waals surface area contributed by atoms with E-state index in [1.54, 1.807) is 45.6 Å². The van der Waals surface area contributed by atoms with E-state index in [0.717, 1.165) is 24.8 Å². The van der Waals surface area contributed by atoms with Crippen LogP contribution in [0.4, 0.5) is 5.69 Å². The maximum atomic E-state index is 12.3. The fourth-order valence-corrected chi connectivity index (χ4v) is 2.69. The first-order valence-corrected chi connectivity index (χ1v) is 9.63. The van der Waals surface area contributed by atoms with Crippen LogP contribution in [0.3, 0.4) is 0 Å². The summed E-state index contributed by atoms with van der Waals surface area (Å²) in [4.78, 5) is 12.3. The highest BCUT2D eigenvalue weighted by atomic mass is 16.5. The van der Waals surface area contributed by atoms with E-state index in [2.05, 4.69) is 12.2 Å². The molecule has 0 bridgehead atoms. The lowest BCUT2D eigenvalue weighted by Crippen LogP contribution is -2.09. The van der Waals surface area contributed by atoms with Crippen molar-refractivity contribution in [1.82, 2.24) is 0 Å². The fourth-order valence-electron chi connectivity index (χ4n) is 2.69. The molecule has 156 valence electrons. The van der Waals surface area contributed by atoms with Gasteiger partial charge in [0.15, 0.2) is 11.5 Å². The molecule has 6 nitrogen and oxygen atoms in total. The summed E-state index contributed by atoms with van der Waals surface area (Å²) in [6, 6.07) is 10.8. The molecule has 0 fully saturated rings. The summed E-state index contributed by atoms with van der Waals surface area (Å²) in [6.45, 7) is 2.81. The van der Waals surface area contributed by atoms with Crippen molar-refractivity contribution in [2.45, 2.75) is 26.2 Å². The van der Waals surface area contributed by atoms with Crippen LogP contribution >= 0.6 is 0 Å². The first-order chi connectivity index (χ1) is 14.1. The van der Waals surface area contributed by atoms with Crippen LogP contribution in [0.15, 0.2) is 42.5 Å². The second-order valence-corrected chi connectivity index (χ2v) is 6.35. The third-order valence-corrected chi connectivity index (χ3v) is 4.29. The first kappa shape index (κ1) is 22.1. The molecule has 0 heterocycles. The van der Waals surface area contributed by atoms with Crippen LogP contribution in [0.1, 0.15) is 31.7 Å². The quantitative estimate of drug-likeness (QED) is 0.429. The molecule has 1 amide bonds. The van der Waals surface area contributed by atoms with Crippen LogP contribution in [0, 0.1) is 0 Å². The number of hydrogen-bond donors (Lipinski definition) is 1. The van der Waals surface area contributed by atoms with E-state index in [4.69, 9.17) is 18.9 Å². The number of carbonyl (C=O) groups is 1. The highest BCUT2D eigenvalue weighted by Gasteiger charge is 2.08. The molecule has 0 spiro atoms. The van der Waals surface area contributed by atoms with Crippen molar-refractivity contribution in [3.8, 4) is 23.0 Å². The van der Waals surface area contributed by atoms with E-state index >= 15 is 0 Å². The van der Waals surface area contributed by atoms with Gasteiger partial charge in [-0.2, -0.15) is 0 Å². The number of rotatable bonds is 11. The summed E-state index contributed by atoms with van der Waals surface area (Å²) in [5.41, 5.74) is 1.40. The lowest BCUT2D eigenvalue weighted by atomic mass is 10.2. The molecule has 0 aliphatic rings. The lowest BCUT2D eigenvalue weighted by molar-refractivity contribution is -0.111. The smallest absolute Gasteiger partial charge is 0.248 e. The Bertz CT molecular complexity index is 832. The molecule has 2 rings (SSSR count). The molecule has 0 radical (unpaired) electrons. The number of amides is 1. The number of methoxy groups -OCH3 is 3. The van der Waals surface area contributed by atoms with Gasteiger partial charge in [0.25, 0.3) is 0 Å². The molecule has 0 aromatic heterocycles. The number of nitrogens with one attached hydrogen (secondary N) is 1. The second kappa shape index (κ2) is 11.6. The lowest BCUT2D eigenvalue weighted by Gasteiger charge is -2.11. The van der Waals surface area contributed by atoms with Gasteiger partial charge in [0, 0.05) is 12.1 Å². The van der Waals surface area contributed by atoms with Gasteiger partial charge in [-0.15, -0.1) is 0 Å².